The van der Waals surface area contributed by atoms with Crippen LogP contribution in [0.25, 0.3) is 0 Å². The van der Waals surface area contributed by atoms with Crippen molar-refractivity contribution in [1.29, 1.82) is 0 Å². The molecule has 1 aromatic carbocycles. The van der Waals surface area contributed by atoms with Crippen LogP contribution in [0.2, 0.25) is 0 Å². The lowest BCUT2D eigenvalue weighted by molar-refractivity contribution is 0.209. The van der Waals surface area contributed by atoms with E-state index in [-0.39, 0.29) is 0 Å². The molecule has 0 aromatic heterocycles. The third-order valence-corrected chi connectivity index (χ3v) is 5.06. The Bertz CT molecular complexity index is 432. The zero-order valence-corrected chi connectivity index (χ0v) is 14.2. The van der Waals surface area contributed by atoms with Crippen LogP contribution >= 0.6 is 15.9 Å². The van der Waals surface area contributed by atoms with Crippen LogP contribution in [0, 0.1) is 0 Å². The molecular weight excluding hydrogens is 314 g/mol. The molecule has 4 heteroatoms. The highest BCUT2D eigenvalue weighted by Gasteiger charge is 2.26. The van der Waals surface area contributed by atoms with Crippen molar-refractivity contribution in [2.45, 2.75) is 39.4 Å². The monoisotopic (exact) mass is 339 g/mol. The van der Waals surface area contributed by atoms with Gasteiger partial charge in [0.15, 0.2) is 0 Å². The molecule has 2 rings (SSSR count). The quantitative estimate of drug-likeness (QED) is 0.864. The molecule has 1 saturated heterocycles. The number of benzene rings is 1. The van der Waals surface area contributed by atoms with Gasteiger partial charge in [-0.1, -0.05) is 41.9 Å². The van der Waals surface area contributed by atoms with Crippen molar-refractivity contribution >= 4 is 15.9 Å². The second kappa shape index (κ2) is 7.55. The first-order valence-electron chi connectivity index (χ1n) is 7.61. The molecule has 1 atom stereocenters. The van der Waals surface area contributed by atoms with Crippen LogP contribution in [-0.2, 0) is 13.1 Å². The molecule has 1 unspecified atom stereocenters. The molecule has 1 aliphatic heterocycles. The van der Waals surface area contributed by atoms with Crippen LogP contribution in [0.5, 0.6) is 0 Å². The highest BCUT2D eigenvalue weighted by molar-refractivity contribution is 9.10. The molecule has 0 radical (unpaired) electrons. The van der Waals surface area contributed by atoms with Crippen LogP contribution in [0.4, 0.5) is 0 Å². The summed E-state index contributed by atoms with van der Waals surface area (Å²) in [5, 5.41) is 0. The summed E-state index contributed by atoms with van der Waals surface area (Å²) in [7, 11) is 0. The Labute approximate surface area is 131 Å². The number of halogens is 1. The van der Waals surface area contributed by atoms with Crippen LogP contribution in [0.15, 0.2) is 22.7 Å². The predicted molar refractivity (Wildman–Crippen MR) is 88.6 cm³/mol. The largest absolute Gasteiger partial charge is 0.326 e. The molecular formula is C16H26BrN3. The first-order chi connectivity index (χ1) is 9.67. The fraction of sp³-hybridized carbons (Fsp3) is 0.625. The molecule has 0 amide bonds. The van der Waals surface area contributed by atoms with Gasteiger partial charge in [-0.2, -0.15) is 0 Å². The first kappa shape index (κ1) is 16.0. The van der Waals surface area contributed by atoms with Gasteiger partial charge in [0, 0.05) is 36.7 Å². The van der Waals surface area contributed by atoms with Crippen molar-refractivity contribution in [1.82, 2.24) is 9.80 Å². The third kappa shape index (κ3) is 3.82. The van der Waals surface area contributed by atoms with E-state index in [1.54, 1.807) is 0 Å². The molecule has 112 valence electrons. The van der Waals surface area contributed by atoms with Gasteiger partial charge in [-0.15, -0.1) is 0 Å². The van der Waals surface area contributed by atoms with Crippen molar-refractivity contribution in [2.24, 2.45) is 5.73 Å². The summed E-state index contributed by atoms with van der Waals surface area (Å²) in [6.45, 7) is 10.9. The summed E-state index contributed by atoms with van der Waals surface area (Å²) in [5.41, 5.74) is 8.22. The van der Waals surface area contributed by atoms with Gasteiger partial charge in [-0.3, -0.25) is 9.80 Å². The van der Waals surface area contributed by atoms with E-state index in [0.29, 0.717) is 6.54 Å². The average Bonchev–Trinajstić information content (AvgIpc) is 2.91. The number of nitrogens with zero attached hydrogens (tertiary/aromatic N) is 2. The van der Waals surface area contributed by atoms with E-state index in [4.69, 9.17) is 5.73 Å². The Morgan fingerprint density at radius 2 is 2.10 bits per heavy atom. The van der Waals surface area contributed by atoms with Crippen LogP contribution in [0.3, 0.4) is 0 Å². The van der Waals surface area contributed by atoms with Crippen LogP contribution in [0.1, 0.15) is 31.4 Å². The van der Waals surface area contributed by atoms with Gasteiger partial charge in [0.2, 0.25) is 0 Å². The second-order valence-corrected chi connectivity index (χ2v) is 6.38. The minimum atomic E-state index is 0.604. The molecule has 0 saturated carbocycles. The van der Waals surface area contributed by atoms with E-state index in [9.17, 15) is 0 Å². The van der Waals surface area contributed by atoms with Gasteiger partial charge in [0.05, 0.1) is 0 Å². The van der Waals surface area contributed by atoms with Gasteiger partial charge in [0.25, 0.3) is 0 Å². The summed E-state index contributed by atoms with van der Waals surface area (Å²) < 4.78 is 1.19. The molecule has 20 heavy (non-hydrogen) atoms. The van der Waals surface area contributed by atoms with Gasteiger partial charge < -0.3 is 5.73 Å². The Morgan fingerprint density at radius 3 is 2.70 bits per heavy atom. The maximum Gasteiger partial charge on any atom is 0.0245 e. The fourth-order valence-corrected chi connectivity index (χ4v) is 3.63. The smallest absolute Gasteiger partial charge is 0.0245 e. The Kier molecular flexibility index (Phi) is 6.02. The zero-order chi connectivity index (χ0) is 14.5. The van der Waals surface area contributed by atoms with Crippen molar-refractivity contribution < 1.29 is 0 Å². The minimum Gasteiger partial charge on any atom is -0.326 e. The number of rotatable bonds is 6. The van der Waals surface area contributed by atoms with E-state index >= 15 is 0 Å². The Morgan fingerprint density at radius 1 is 1.35 bits per heavy atom. The van der Waals surface area contributed by atoms with E-state index in [2.05, 4.69) is 57.8 Å². The summed E-state index contributed by atoms with van der Waals surface area (Å²) >= 11 is 3.67. The number of nitrogens with two attached hydrogens (primary N) is 1. The standard InChI is InChI=1S/C16H26BrN3/c1-3-20(4-2)15-7-8-19(12-15)11-14-6-5-13(10-18)9-16(14)17/h5-6,9,15H,3-4,7-8,10-12,18H2,1-2H3. The lowest BCUT2D eigenvalue weighted by atomic mass is 10.1. The maximum atomic E-state index is 5.68. The summed E-state index contributed by atoms with van der Waals surface area (Å²) in [4.78, 5) is 5.14. The van der Waals surface area contributed by atoms with Crippen molar-refractivity contribution in [3.05, 3.63) is 33.8 Å². The molecule has 0 bridgehead atoms. The number of likely N-dealkylation sites (N-methyl/N-ethyl adjacent to an activating group) is 1. The molecule has 1 aromatic rings. The Balaban J connectivity index is 1.95. The molecule has 0 aliphatic carbocycles. The van der Waals surface area contributed by atoms with Crippen molar-refractivity contribution in [3.63, 3.8) is 0 Å². The molecule has 1 aliphatic rings. The average molecular weight is 340 g/mol. The topological polar surface area (TPSA) is 32.5 Å². The van der Waals surface area contributed by atoms with Crippen molar-refractivity contribution in [2.75, 3.05) is 26.2 Å². The summed E-state index contributed by atoms with van der Waals surface area (Å²) in [6, 6.07) is 7.22. The van der Waals surface area contributed by atoms with Crippen molar-refractivity contribution in [3.8, 4) is 0 Å². The predicted octanol–water partition coefficient (Wildman–Crippen LogP) is 2.82. The maximum absolute atomic E-state index is 5.68. The molecule has 2 N–H and O–H groups in total. The van der Waals surface area contributed by atoms with E-state index in [1.807, 2.05) is 0 Å². The number of hydrogen-bond donors (Lipinski definition) is 1. The lowest BCUT2D eigenvalue weighted by Gasteiger charge is -2.26. The Hall–Kier alpha value is -0.420. The molecule has 1 fully saturated rings. The summed E-state index contributed by atoms with van der Waals surface area (Å²) in [5.74, 6) is 0. The van der Waals surface area contributed by atoms with E-state index < -0.39 is 0 Å². The molecule has 3 nitrogen and oxygen atoms in total. The van der Waals surface area contributed by atoms with Gasteiger partial charge >= 0.3 is 0 Å². The van der Waals surface area contributed by atoms with E-state index in [1.165, 1.54) is 35.1 Å². The fourth-order valence-electron chi connectivity index (χ4n) is 3.08. The lowest BCUT2D eigenvalue weighted by Crippen LogP contribution is -2.37. The highest BCUT2D eigenvalue weighted by Crippen LogP contribution is 2.23. The molecule has 1 heterocycles. The zero-order valence-electron chi connectivity index (χ0n) is 12.6. The second-order valence-electron chi connectivity index (χ2n) is 5.53. The van der Waals surface area contributed by atoms with E-state index in [0.717, 1.165) is 25.7 Å². The number of hydrogen-bond acceptors (Lipinski definition) is 3. The van der Waals surface area contributed by atoms with Gasteiger partial charge in [-0.25, -0.2) is 0 Å². The first-order valence-corrected chi connectivity index (χ1v) is 8.41. The normalized spacial score (nSPS) is 19.9. The van der Waals surface area contributed by atoms with Crippen LogP contribution < -0.4 is 5.73 Å². The van der Waals surface area contributed by atoms with Gasteiger partial charge in [0.1, 0.15) is 0 Å². The SMILES string of the molecule is CCN(CC)C1CCN(Cc2ccc(CN)cc2Br)C1. The molecule has 0 spiro atoms. The minimum absolute atomic E-state index is 0.604. The highest BCUT2D eigenvalue weighted by atomic mass is 79.9. The van der Waals surface area contributed by atoms with Crippen LogP contribution in [-0.4, -0.2) is 42.0 Å². The van der Waals surface area contributed by atoms with Gasteiger partial charge in [-0.05, 0) is 36.7 Å². The third-order valence-electron chi connectivity index (χ3n) is 4.32. The summed E-state index contributed by atoms with van der Waals surface area (Å²) in [6.07, 6.45) is 1.29. The number of likely N-dealkylation sites (tertiary alicyclic amines) is 1.